The molecule has 0 radical (unpaired) electrons. The molecule has 194 valence electrons. The van der Waals surface area contributed by atoms with Crippen LogP contribution in [0.15, 0.2) is 30.5 Å². The third kappa shape index (κ3) is 8.39. The number of para-hydroxylation sites is 1. The fraction of sp³-hybridized carbons (Fsp3) is 0.364. The average Bonchev–Trinajstić information content (AvgIpc) is 3.21. The van der Waals surface area contributed by atoms with Gasteiger partial charge in [-0.05, 0) is 18.1 Å². The molecule has 0 aliphatic rings. The van der Waals surface area contributed by atoms with Crippen LogP contribution in [-0.2, 0) is 35.2 Å². The van der Waals surface area contributed by atoms with Crippen LogP contribution in [0.25, 0.3) is 10.9 Å². The van der Waals surface area contributed by atoms with Gasteiger partial charge in [0.1, 0.15) is 12.1 Å². The minimum Gasteiger partial charge on any atom is -0.480 e. The van der Waals surface area contributed by atoms with E-state index in [4.69, 9.17) is 17.2 Å². The number of carbonyl (C=O) groups excluding carboxylic acids is 5. The highest BCUT2D eigenvalue weighted by atomic mass is 16.4. The van der Waals surface area contributed by atoms with Gasteiger partial charge in [-0.1, -0.05) is 18.2 Å². The lowest BCUT2D eigenvalue weighted by Crippen LogP contribution is -2.54. The van der Waals surface area contributed by atoms with Gasteiger partial charge in [0, 0.05) is 29.9 Å². The van der Waals surface area contributed by atoms with Crippen molar-refractivity contribution in [1.29, 1.82) is 0 Å². The highest BCUT2D eigenvalue weighted by Gasteiger charge is 2.28. The minimum atomic E-state index is -1.42. The first kappa shape index (κ1) is 27.8. The van der Waals surface area contributed by atoms with Crippen molar-refractivity contribution in [2.24, 2.45) is 17.2 Å². The molecule has 1 aromatic carbocycles. The molecule has 11 N–H and O–H groups in total. The molecule has 36 heavy (non-hydrogen) atoms. The van der Waals surface area contributed by atoms with Gasteiger partial charge in [-0.3, -0.25) is 24.0 Å². The predicted molar refractivity (Wildman–Crippen MR) is 127 cm³/mol. The van der Waals surface area contributed by atoms with Crippen LogP contribution in [0.5, 0.6) is 0 Å². The minimum absolute atomic E-state index is 0.0150. The van der Waals surface area contributed by atoms with Crippen LogP contribution >= 0.6 is 0 Å². The summed E-state index contributed by atoms with van der Waals surface area (Å²) in [6.07, 6.45) is 0.718. The number of hydrogen-bond acceptors (Lipinski definition) is 7. The molecule has 3 atom stereocenters. The molecule has 5 amide bonds. The molecule has 0 fully saturated rings. The average molecular weight is 504 g/mol. The Morgan fingerprint density at radius 2 is 1.64 bits per heavy atom. The van der Waals surface area contributed by atoms with E-state index in [1.54, 1.807) is 12.3 Å². The van der Waals surface area contributed by atoms with Crippen molar-refractivity contribution >= 4 is 46.4 Å². The number of amides is 5. The van der Waals surface area contributed by atoms with Gasteiger partial charge in [0.05, 0.1) is 19.0 Å². The number of carboxylic acid groups (broad SMARTS) is 1. The molecule has 0 bridgehead atoms. The lowest BCUT2D eigenvalue weighted by Gasteiger charge is -2.21. The van der Waals surface area contributed by atoms with Crippen LogP contribution < -0.4 is 33.2 Å². The van der Waals surface area contributed by atoms with Crippen LogP contribution in [0.4, 0.5) is 0 Å². The number of aliphatic carboxylic acids is 1. The smallest absolute Gasteiger partial charge is 0.326 e. The van der Waals surface area contributed by atoms with Crippen LogP contribution in [-0.4, -0.2) is 70.3 Å². The Hall–Kier alpha value is -4.46. The molecule has 14 nitrogen and oxygen atoms in total. The molecular formula is C22H29N7O7. The third-order valence-corrected chi connectivity index (χ3v) is 5.23. The van der Waals surface area contributed by atoms with Gasteiger partial charge in [0.25, 0.3) is 0 Å². The topological polar surface area (TPSA) is 253 Å². The second-order valence-electron chi connectivity index (χ2n) is 8.08. The molecular weight excluding hydrogens is 474 g/mol. The molecule has 0 aliphatic heterocycles. The Morgan fingerprint density at radius 3 is 2.28 bits per heavy atom. The van der Waals surface area contributed by atoms with E-state index in [2.05, 4.69) is 20.9 Å². The first-order valence-corrected chi connectivity index (χ1v) is 10.9. The maximum absolute atomic E-state index is 13.0. The van der Waals surface area contributed by atoms with Crippen LogP contribution in [0.1, 0.15) is 24.8 Å². The van der Waals surface area contributed by atoms with Crippen molar-refractivity contribution in [3.63, 3.8) is 0 Å². The van der Waals surface area contributed by atoms with Gasteiger partial charge < -0.3 is 43.2 Å². The molecule has 0 spiro atoms. The summed E-state index contributed by atoms with van der Waals surface area (Å²) in [6.45, 7) is -0.563. The van der Waals surface area contributed by atoms with E-state index in [9.17, 15) is 33.9 Å². The SMILES string of the molecule is NC(=O)CCC(NC(=O)C(Cc1c[nH]c2ccccc12)NC(=O)CNC(=O)C(N)CC(N)=O)C(=O)O. The zero-order valence-corrected chi connectivity index (χ0v) is 19.3. The van der Waals surface area contributed by atoms with E-state index in [-0.39, 0.29) is 19.3 Å². The summed E-state index contributed by atoms with van der Waals surface area (Å²) in [7, 11) is 0. The zero-order chi connectivity index (χ0) is 26.8. The number of primary amides is 2. The normalized spacial score (nSPS) is 13.2. The number of hydrogen-bond donors (Lipinski definition) is 8. The number of carbonyl (C=O) groups is 6. The fourth-order valence-electron chi connectivity index (χ4n) is 3.40. The Morgan fingerprint density at radius 1 is 0.944 bits per heavy atom. The first-order valence-electron chi connectivity index (χ1n) is 10.9. The van der Waals surface area contributed by atoms with E-state index in [1.807, 2.05) is 18.2 Å². The summed E-state index contributed by atoms with van der Waals surface area (Å²) in [5.41, 5.74) is 17.1. The van der Waals surface area contributed by atoms with Gasteiger partial charge >= 0.3 is 5.97 Å². The van der Waals surface area contributed by atoms with Crippen LogP contribution in [0.3, 0.4) is 0 Å². The molecule has 2 rings (SSSR count). The lowest BCUT2D eigenvalue weighted by atomic mass is 10.0. The summed E-state index contributed by atoms with van der Waals surface area (Å²) in [6, 6.07) is 3.34. The molecule has 3 unspecified atom stereocenters. The Kier molecular flexibility index (Phi) is 9.92. The number of aromatic amines is 1. The van der Waals surface area contributed by atoms with E-state index >= 15 is 0 Å². The largest absolute Gasteiger partial charge is 0.480 e. The number of fused-ring (bicyclic) bond motifs is 1. The Balaban J connectivity index is 2.15. The van der Waals surface area contributed by atoms with Crippen LogP contribution in [0.2, 0.25) is 0 Å². The van der Waals surface area contributed by atoms with Crippen molar-refractivity contribution < 1.29 is 33.9 Å². The van der Waals surface area contributed by atoms with E-state index in [0.29, 0.717) is 5.56 Å². The molecule has 14 heteroatoms. The second kappa shape index (κ2) is 12.9. The van der Waals surface area contributed by atoms with Crippen molar-refractivity contribution in [3.8, 4) is 0 Å². The molecule has 2 aromatic rings. The molecule has 0 aliphatic carbocycles. The maximum atomic E-state index is 13.0. The summed E-state index contributed by atoms with van der Waals surface area (Å²) in [4.78, 5) is 74.0. The number of rotatable bonds is 14. The molecule has 1 heterocycles. The van der Waals surface area contributed by atoms with E-state index in [0.717, 1.165) is 10.9 Å². The maximum Gasteiger partial charge on any atom is 0.326 e. The van der Waals surface area contributed by atoms with Crippen molar-refractivity contribution in [2.45, 2.75) is 43.8 Å². The second-order valence-corrected chi connectivity index (χ2v) is 8.08. The third-order valence-electron chi connectivity index (χ3n) is 5.23. The summed E-state index contributed by atoms with van der Waals surface area (Å²) in [5, 5.41) is 17.2. The van der Waals surface area contributed by atoms with E-state index < -0.39 is 66.6 Å². The Bertz CT molecular complexity index is 1150. The number of nitrogens with two attached hydrogens (primary N) is 3. The van der Waals surface area contributed by atoms with Gasteiger partial charge in [-0.25, -0.2) is 4.79 Å². The lowest BCUT2D eigenvalue weighted by molar-refractivity contribution is -0.142. The van der Waals surface area contributed by atoms with Gasteiger partial charge in [0.2, 0.25) is 29.5 Å². The zero-order valence-electron chi connectivity index (χ0n) is 19.3. The van der Waals surface area contributed by atoms with Crippen LogP contribution in [0, 0.1) is 0 Å². The molecule has 0 saturated carbocycles. The fourth-order valence-corrected chi connectivity index (χ4v) is 3.40. The number of H-pyrrole nitrogens is 1. The number of carboxylic acids is 1. The number of nitrogens with one attached hydrogen (secondary N) is 4. The van der Waals surface area contributed by atoms with Gasteiger partial charge in [-0.15, -0.1) is 0 Å². The van der Waals surface area contributed by atoms with Gasteiger partial charge in [-0.2, -0.15) is 0 Å². The predicted octanol–water partition coefficient (Wildman–Crippen LogP) is -2.65. The molecule has 1 aromatic heterocycles. The summed E-state index contributed by atoms with van der Waals surface area (Å²) < 4.78 is 0. The number of benzene rings is 1. The molecule has 0 saturated heterocycles. The van der Waals surface area contributed by atoms with Crippen molar-refractivity contribution in [3.05, 3.63) is 36.0 Å². The van der Waals surface area contributed by atoms with Gasteiger partial charge in [0.15, 0.2) is 0 Å². The Labute approximate surface area is 205 Å². The highest BCUT2D eigenvalue weighted by molar-refractivity contribution is 5.94. The van der Waals surface area contributed by atoms with Crippen molar-refractivity contribution in [1.82, 2.24) is 20.9 Å². The first-order chi connectivity index (χ1) is 17.0. The highest BCUT2D eigenvalue weighted by Crippen LogP contribution is 2.19. The quantitative estimate of drug-likeness (QED) is 0.135. The van der Waals surface area contributed by atoms with E-state index in [1.165, 1.54) is 0 Å². The van der Waals surface area contributed by atoms with Crippen molar-refractivity contribution in [2.75, 3.05) is 6.54 Å². The number of aromatic nitrogens is 1. The monoisotopic (exact) mass is 503 g/mol. The standard InChI is InChI=1S/C22H29N7O7/c23-13(8-18(25)31)20(33)27-10-19(32)28-16(7-11-9-26-14-4-2-1-3-12(11)14)21(34)29-15(22(35)36)5-6-17(24)30/h1-4,9,13,15-16,26H,5-8,10,23H2,(H2,24,30)(H2,25,31)(H,27,33)(H,28,32)(H,29,34)(H,35,36). The summed E-state index contributed by atoms with van der Waals surface area (Å²) >= 11 is 0. The summed E-state index contributed by atoms with van der Waals surface area (Å²) in [5.74, 6) is -5.27.